The zero-order valence-electron chi connectivity index (χ0n) is 8.20. The predicted octanol–water partition coefficient (Wildman–Crippen LogP) is 1.27. The first-order valence-corrected chi connectivity index (χ1v) is 5.04. The van der Waals surface area contributed by atoms with Gasteiger partial charge in [0.25, 0.3) is 0 Å². The van der Waals surface area contributed by atoms with Crippen LogP contribution in [0, 0.1) is 0 Å². The van der Waals surface area contributed by atoms with Crippen molar-refractivity contribution in [2.45, 2.75) is 25.2 Å². The molecule has 2 rings (SSSR count). The van der Waals surface area contributed by atoms with Gasteiger partial charge in [0.15, 0.2) is 5.82 Å². The molecule has 1 aliphatic rings. The van der Waals surface area contributed by atoms with Crippen molar-refractivity contribution in [1.82, 2.24) is 15.5 Å². The van der Waals surface area contributed by atoms with Crippen LogP contribution >= 0.6 is 0 Å². The van der Waals surface area contributed by atoms with Gasteiger partial charge in [-0.2, -0.15) is 4.98 Å². The zero-order valence-corrected chi connectivity index (χ0v) is 8.20. The average Bonchev–Trinajstić information content (AvgIpc) is 2.68. The smallest absolute Gasteiger partial charge is 0.231 e. The maximum Gasteiger partial charge on any atom is 0.231 e. The summed E-state index contributed by atoms with van der Waals surface area (Å²) in [5.41, 5.74) is 0. The van der Waals surface area contributed by atoms with E-state index < -0.39 is 0 Å². The van der Waals surface area contributed by atoms with Crippen LogP contribution in [0.2, 0.25) is 0 Å². The van der Waals surface area contributed by atoms with E-state index in [2.05, 4.69) is 22.0 Å². The van der Waals surface area contributed by atoms with Crippen LogP contribution in [0.4, 0.5) is 0 Å². The zero-order chi connectivity index (χ0) is 9.80. The van der Waals surface area contributed by atoms with E-state index in [0.29, 0.717) is 12.3 Å². The fourth-order valence-corrected chi connectivity index (χ4v) is 1.71. The van der Waals surface area contributed by atoms with Gasteiger partial charge in [0.1, 0.15) is 0 Å². The van der Waals surface area contributed by atoms with E-state index in [1.165, 1.54) is 6.42 Å². The SMILES string of the molecule is C=CCc1noc(C2CCCNC2)n1. The summed E-state index contributed by atoms with van der Waals surface area (Å²) >= 11 is 0. The molecule has 0 bridgehead atoms. The van der Waals surface area contributed by atoms with Crippen molar-refractivity contribution >= 4 is 0 Å². The van der Waals surface area contributed by atoms with Gasteiger partial charge in [-0.05, 0) is 19.4 Å². The summed E-state index contributed by atoms with van der Waals surface area (Å²) in [6.07, 6.45) is 4.80. The Hall–Kier alpha value is -1.16. The third kappa shape index (κ3) is 2.01. The van der Waals surface area contributed by atoms with Crippen LogP contribution in [-0.4, -0.2) is 23.2 Å². The first kappa shape index (κ1) is 9.40. The van der Waals surface area contributed by atoms with E-state index in [-0.39, 0.29) is 0 Å². The minimum absolute atomic E-state index is 0.398. The van der Waals surface area contributed by atoms with E-state index in [1.54, 1.807) is 6.08 Å². The minimum atomic E-state index is 0.398. The number of hydrogen-bond donors (Lipinski definition) is 1. The van der Waals surface area contributed by atoms with Crippen LogP contribution in [0.5, 0.6) is 0 Å². The molecule has 1 N–H and O–H groups in total. The van der Waals surface area contributed by atoms with Gasteiger partial charge in [-0.15, -0.1) is 6.58 Å². The fraction of sp³-hybridized carbons (Fsp3) is 0.600. The van der Waals surface area contributed by atoms with Crippen molar-refractivity contribution in [3.8, 4) is 0 Å². The Bertz CT molecular complexity index is 302. The average molecular weight is 193 g/mol. The molecule has 0 amide bonds. The molecule has 1 atom stereocenters. The molecule has 1 unspecified atom stereocenters. The first-order valence-electron chi connectivity index (χ1n) is 5.04. The molecule has 4 nitrogen and oxygen atoms in total. The molecule has 2 heterocycles. The van der Waals surface area contributed by atoms with Crippen molar-refractivity contribution in [3.05, 3.63) is 24.4 Å². The molecular formula is C10H15N3O. The van der Waals surface area contributed by atoms with Gasteiger partial charge in [-0.3, -0.25) is 0 Å². The normalized spacial score (nSPS) is 22.1. The van der Waals surface area contributed by atoms with Crippen molar-refractivity contribution in [1.29, 1.82) is 0 Å². The number of allylic oxidation sites excluding steroid dienone is 1. The molecule has 0 aromatic carbocycles. The van der Waals surface area contributed by atoms with Crippen molar-refractivity contribution in [2.75, 3.05) is 13.1 Å². The number of rotatable bonds is 3. The molecule has 0 radical (unpaired) electrons. The summed E-state index contributed by atoms with van der Waals surface area (Å²) in [7, 11) is 0. The molecule has 4 heteroatoms. The second kappa shape index (κ2) is 4.37. The van der Waals surface area contributed by atoms with E-state index in [4.69, 9.17) is 4.52 Å². The summed E-state index contributed by atoms with van der Waals surface area (Å²) < 4.78 is 5.21. The maximum absolute atomic E-state index is 5.21. The van der Waals surface area contributed by atoms with Crippen molar-refractivity contribution < 1.29 is 4.52 Å². The van der Waals surface area contributed by atoms with Gasteiger partial charge in [0.05, 0.1) is 5.92 Å². The Morgan fingerprint density at radius 3 is 3.29 bits per heavy atom. The van der Waals surface area contributed by atoms with E-state index in [1.807, 2.05) is 0 Å². The largest absolute Gasteiger partial charge is 0.339 e. The molecule has 0 saturated carbocycles. The molecule has 0 spiro atoms. The highest BCUT2D eigenvalue weighted by Gasteiger charge is 2.20. The summed E-state index contributed by atoms with van der Waals surface area (Å²) in [5.74, 6) is 1.91. The lowest BCUT2D eigenvalue weighted by Crippen LogP contribution is -2.28. The highest BCUT2D eigenvalue weighted by atomic mass is 16.5. The lowest BCUT2D eigenvalue weighted by molar-refractivity contribution is 0.320. The molecule has 1 aromatic rings. The molecule has 1 fully saturated rings. The number of aromatic nitrogens is 2. The van der Waals surface area contributed by atoms with Crippen LogP contribution in [0.25, 0.3) is 0 Å². The standard InChI is InChI=1S/C10H15N3O/c1-2-4-9-12-10(14-13-9)8-5-3-6-11-7-8/h2,8,11H,1,3-7H2. The number of hydrogen-bond acceptors (Lipinski definition) is 4. The Balaban J connectivity index is 2.03. The number of piperidine rings is 1. The van der Waals surface area contributed by atoms with E-state index >= 15 is 0 Å². The van der Waals surface area contributed by atoms with Crippen LogP contribution in [-0.2, 0) is 6.42 Å². The lowest BCUT2D eigenvalue weighted by atomic mass is 10.00. The van der Waals surface area contributed by atoms with Crippen LogP contribution in [0.3, 0.4) is 0 Å². The second-order valence-corrected chi connectivity index (χ2v) is 3.58. The summed E-state index contributed by atoms with van der Waals surface area (Å²) in [6.45, 7) is 5.70. The van der Waals surface area contributed by atoms with Crippen molar-refractivity contribution in [3.63, 3.8) is 0 Å². The quantitative estimate of drug-likeness (QED) is 0.734. The first-order chi connectivity index (χ1) is 6.90. The molecule has 1 saturated heterocycles. The molecule has 14 heavy (non-hydrogen) atoms. The molecule has 76 valence electrons. The molecular weight excluding hydrogens is 178 g/mol. The second-order valence-electron chi connectivity index (χ2n) is 3.58. The van der Waals surface area contributed by atoms with Gasteiger partial charge in [0.2, 0.25) is 5.89 Å². The maximum atomic E-state index is 5.21. The molecule has 0 aliphatic carbocycles. The van der Waals surface area contributed by atoms with Crippen LogP contribution < -0.4 is 5.32 Å². The number of nitrogens with one attached hydrogen (secondary N) is 1. The topological polar surface area (TPSA) is 51.0 Å². The Labute approximate surface area is 83.4 Å². The fourth-order valence-electron chi connectivity index (χ4n) is 1.71. The monoisotopic (exact) mass is 193 g/mol. The predicted molar refractivity (Wildman–Crippen MR) is 53.0 cm³/mol. The van der Waals surface area contributed by atoms with E-state index in [0.717, 1.165) is 31.2 Å². The number of nitrogens with zero attached hydrogens (tertiary/aromatic N) is 2. The highest BCUT2D eigenvalue weighted by molar-refractivity contribution is 4.98. The van der Waals surface area contributed by atoms with Gasteiger partial charge in [-0.25, -0.2) is 0 Å². The van der Waals surface area contributed by atoms with Crippen molar-refractivity contribution in [2.24, 2.45) is 0 Å². The van der Waals surface area contributed by atoms with Gasteiger partial charge < -0.3 is 9.84 Å². The third-order valence-corrected chi connectivity index (χ3v) is 2.46. The Kier molecular flexibility index (Phi) is 2.93. The Morgan fingerprint density at radius 1 is 1.64 bits per heavy atom. The summed E-state index contributed by atoms with van der Waals surface area (Å²) in [5, 5.41) is 7.22. The van der Waals surface area contributed by atoms with Crippen LogP contribution in [0.1, 0.15) is 30.5 Å². The molecule has 1 aliphatic heterocycles. The lowest BCUT2D eigenvalue weighted by Gasteiger charge is -2.18. The summed E-state index contributed by atoms with van der Waals surface area (Å²) in [4.78, 5) is 4.33. The van der Waals surface area contributed by atoms with Gasteiger partial charge in [-0.1, -0.05) is 11.2 Å². The van der Waals surface area contributed by atoms with E-state index in [9.17, 15) is 0 Å². The molecule has 1 aromatic heterocycles. The van der Waals surface area contributed by atoms with Crippen LogP contribution in [0.15, 0.2) is 17.2 Å². The highest BCUT2D eigenvalue weighted by Crippen LogP contribution is 2.21. The summed E-state index contributed by atoms with van der Waals surface area (Å²) in [6, 6.07) is 0. The van der Waals surface area contributed by atoms with Gasteiger partial charge in [0, 0.05) is 13.0 Å². The van der Waals surface area contributed by atoms with Gasteiger partial charge >= 0.3 is 0 Å². The Morgan fingerprint density at radius 2 is 2.57 bits per heavy atom. The minimum Gasteiger partial charge on any atom is -0.339 e. The third-order valence-electron chi connectivity index (χ3n) is 2.46.